The van der Waals surface area contributed by atoms with Crippen LogP contribution in [-0.4, -0.2) is 31.0 Å². The maximum Gasteiger partial charge on any atom is 0.251 e. The normalized spacial score (nSPS) is 10.6. The van der Waals surface area contributed by atoms with Crippen molar-refractivity contribution in [2.75, 3.05) is 25.0 Å². The van der Waals surface area contributed by atoms with Crippen molar-refractivity contribution in [3.8, 4) is 0 Å². The molecule has 0 radical (unpaired) electrons. The molecule has 1 heterocycles. The van der Waals surface area contributed by atoms with Gasteiger partial charge in [-0.3, -0.25) is 4.79 Å². The molecule has 140 valence electrons. The average molecular weight is 398 g/mol. The number of nitrogens with zero attached hydrogens (tertiary/aromatic N) is 2. The maximum absolute atomic E-state index is 12.3. The molecule has 0 atom stereocenters. The second kappa shape index (κ2) is 9.58. The first-order chi connectivity index (χ1) is 13.1. The molecule has 0 saturated heterocycles. The van der Waals surface area contributed by atoms with Gasteiger partial charge in [0.15, 0.2) is 0 Å². The first kappa shape index (κ1) is 19.5. The van der Waals surface area contributed by atoms with E-state index in [1.165, 1.54) is 0 Å². The fraction of sp³-hybridized carbons (Fsp3) is 0.238. The van der Waals surface area contributed by atoms with Gasteiger partial charge in [0.2, 0.25) is 0 Å². The Morgan fingerprint density at radius 2 is 1.89 bits per heavy atom. The molecule has 3 aromatic rings. The Kier molecular flexibility index (Phi) is 6.90. The van der Waals surface area contributed by atoms with Gasteiger partial charge in [-0.2, -0.15) is 0 Å². The highest BCUT2D eigenvalue weighted by Crippen LogP contribution is 2.23. The van der Waals surface area contributed by atoms with E-state index in [0.717, 1.165) is 33.6 Å². The Morgan fingerprint density at radius 1 is 1.15 bits per heavy atom. The predicted molar refractivity (Wildman–Crippen MR) is 115 cm³/mol. The molecule has 1 amide bonds. The van der Waals surface area contributed by atoms with Crippen molar-refractivity contribution in [1.82, 2.24) is 10.3 Å². The molecule has 27 heavy (non-hydrogen) atoms. The SMILES string of the molecule is Cc1nc(CSc2ccc(C(=O)NCCN(C)c3ccccc3)cc2)cs1. The van der Waals surface area contributed by atoms with Gasteiger partial charge in [-0.25, -0.2) is 4.98 Å². The highest BCUT2D eigenvalue weighted by atomic mass is 32.2. The lowest BCUT2D eigenvalue weighted by Gasteiger charge is -2.19. The monoisotopic (exact) mass is 397 g/mol. The van der Waals surface area contributed by atoms with Gasteiger partial charge in [-0.1, -0.05) is 18.2 Å². The van der Waals surface area contributed by atoms with Crippen LogP contribution in [0.15, 0.2) is 64.9 Å². The molecule has 4 nitrogen and oxygen atoms in total. The minimum Gasteiger partial charge on any atom is -0.373 e. The molecule has 0 aliphatic carbocycles. The molecule has 0 fully saturated rings. The van der Waals surface area contributed by atoms with Crippen molar-refractivity contribution in [2.24, 2.45) is 0 Å². The van der Waals surface area contributed by atoms with Gasteiger partial charge in [0.05, 0.1) is 10.7 Å². The minimum atomic E-state index is -0.0388. The zero-order chi connectivity index (χ0) is 19.1. The number of thiazole rings is 1. The van der Waals surface area contributed by atoms with Crippen molar-refractivity contribution in [3.05, 3.63) is 76.2 Å². The van der Waals surface area contributed by atoms with E-state index in [4.69, 9.17) is 0 Å². The maximum atomic E-state index is 12.3. The summed E-state index contributed by atoms with van der Waals surface area (Å²) in [5.74, 6) is 0.810. The predicted octanol–water partition coefficient (Wildman–Crippen LogP) is 4.61. The van der Waals surface area contributed by atoms with Crippen molar-refractivity contribution in [3.63, 3.8) is 0 Å². The van der Waals surface area contributed by atoms with Crippen LogP contribution in [0.3, 0.4) is 0 Å². The molecular weight excluding hydrogens is 374 g/mol. The number of aromatic nitrogens is 1. The molecule has 0 unspecified atom stereocenters. The number of para-hydroxylation sites is 1. The van der Waals surface area contributed by atoms with E-state index in [-0.39, 0.29) is 5.91 Å². The largest absolute Gasteiger partial charge is 0.373 e. The lowest BCUT2D eigenvalue weighted by atomic mass is 10.2. The van der Waals surface area contributed by atoms with Crippen molar-refractivity contribution in [1.29, 1.82) is 0 Å². The summed E-state index contributed by atoms with van der Waals surface area (Å²) in [4.78, 5) is 20.0. The number of benzene rings is 2. The number of anilines is 1. The van der Waals surface area contributed by atoms with E-state index < -0.39 is 0 Å². The Labute approximate surface area is 168 Å². The van der Waals surface area contributed by atoms with E-state index >= 15 is 0 Å². The standard InChI is InChI=1S/C21H23N3OS2/c1-16-23-18(14-26-16)15-27-20-10-8-17(9-11-20)21(25)22-12-13-24(2)19-6-4-3-5-7-19/h3-11,14H,12-13,15H2,1-2H3,(H,22,25). The topological polar surface area (TPSA) is 45.2 Å². The summed E-state index contributed by atoms with van der Waals surface area (Å²) < 4.78 is 0. The summed E-state index contributed by atoms with van der Waals surface area (Å²) >= 11 is 3.41. The van der Waals surface area contributed by atoms with Gasteiger partial charge in [0.1, 0.15) is 0 Å². The zero-order valence-corrected chi connectivity index (χ0v) is 17.1. The number of carbonyl (C=O) groups is 1. The van der Waals surface area contributed by atoms with Crippen molar-refractivity contribution < 1.29 is 4.79 Å². The number of rotatable bonds is 8. The van der Waals surface area contributed by atoms with E-state index in [0.29, 0.717) is 12.1 Å². The fourth-order valence-corrected chi connectivity index (χ4v) is 4.09. The van der Waals surface area contributed by atoms with Crippen molar-refractivity contribution in [2.45, 2.75) is 17.6 Å². The van der Waals surface area contributed by atoms with Crippen LogP contribution in [0.5, 0.6) is 0 Å². The molecule has 3 rings (SSSR count). The van der Waals surface area contributed by atoms with Gasteiger partial charge in [0, 0.05) is 47.4 Å². The Hall–Kier alpha value is -2.31. The summed E-state index contributed by atoms with van der Waals surface area (Å²) in [5.41, 5.74) is 2.93. The van der Waals surface area contributed by atoms with Gasteiger partial charge in [0.25, 0.3) is 5.91 Å². The number of nitrogens with one attached hydrogen (secondary N) is 1. The molecule has 0 aliphatic rings. The second-order valence-electron chi connectivity index (χ2n) is 6.18. The van der Waals surface area contributed by atoms with Crippen LogP contribution >= 0.6 is 23.1 Å². The lowest BCUT2D eigenvalue weighted by molar-refractivity contribution is 0.0954. The van der Waals surface area contributed by atoms with Crippen LogP contribution in [0.25, 0.3) is 0 Å². The van der Waals surface area contributed by atoms with Gasteiger partial charge >= 0.3 is 0 Å². The Morgan fingerprint density at radius 3 is 2.56 bits per heavy atom. The van der Waals surface area contributed by atoms with Crippen LogP contribution < -0.4 is 10.2 Å². The van der Waals surface area contributed by atoms with Crippen LogP contribution in [0.2, 0.25) is 0 Å². The molecule has 1 N–H and O–H groups in total. The van der Waals surface area contributed by atoms with E-state index in [1.54, 1.807) is 23.1 Å². The number of thioether (sulfide) groups is 1. The minimum absolute atomic E-state index is 0.0388. The molecule has 0 bridgehead atoms. The first-order valence-corrected chi connectivity index (χ1v) is 10.7. The molecule has 6 heteroatoms. The smallest absolute Gasteiger partial charge is 0.251 e. The number of aryl methyl sites for hydroxylation is 1. The summed E-state index contributed by atoms with van der Waals surface area (Å²) in [5, 5.41) is 6.17. The van der Waals surface area contributed by atoms with Crippen molar-refractivity contribution >= 4 is 34.7 Å². The summed E-state index contributed by atoms with van der Waals surface area (Å²) in [7, 11) is 2.03. The third-order valence-electron chi connectivity index (χ3n) is 4.10. The number of hydrogen-bond acceptors (Lipinski definition) is 5. The highest BCUT2D eigenvalue weighted by Gasteiger charge is 2.07. The van der Waals surface area contributed by atoms with E-state index in [2.05, 4.69) is 32.7 Å². The number of likely N-dealkylation sites (N-methyl/N-ethyl adjacent to an activating group) is 1. The average Bonchev–Trinajstić information content (AvgIpc) is 3.12. The number of amides is 1. The third kappa shape index (κ3) is 5.84. The zero-order valence-electron chi connectivity index (χ0n) is 15.5. The molecular formula is C21H23N3OS2. The van der Waals surface area contributed by atoms with Crippen LogP contribution in [0.1, 0.15) is 21.1 Å². The lowest BCUT2D eigenvalue weighted by Crippen LogP contribution is -2.32. The Bertz CT molecular complexity index is 863. The quantitative estimate of drug-likeness (QED) is 0.564. The molecule has 0 aliphatic heterocycles. The van der Waals surface area contributed by atoms with Gasteiger partial charge < -0.3 is 10.2 Å². The summed E-state index contributed by atoms with van der Waals surface area (Å²) in [6.45, 7) is 3.38. The summed E-state index contributed by atoms with van der Waals surface area (Å²) in [6.07, 6.45) is 0. The van der Waals surface area contributed by atoms with Crippen LogP contribution in [0, 0.1) is 6.92 Å². The second-order valence-corrected chi connectivity index (χ2v) is 8.29. The molecule has 0 saturated carbocycles. The van der Waals surface area contributed by atoms with E-state index in [1.807, 2.05) is 56.4 Å². The number of carbonyl (C=O) groups excluding carboxylic acids is 1. The molecule has 2 aromatic carbocycles. The fourth-order valence-electron chi connectivity index (χ4n) is 2.59. The Balaban J connectivity index is 1.44. The van der Waals surface area contributed by atoms with Gasteiger partial charge in [-0.05, 0) is 43.3 Å². The molecule has 0 spiro atoms. The highest BCUT2D eigenvalue weighted by molar-refractivity contribution is 7.98. The van der Waals surface area contributed by atoms with Crippen LogP contribution in [-0.2, 0) is 5.75 Å². The summed E-state index contributed by atoms with van der Waals surface area (Å²) in [6, 6.07) is 17.9. The molecule has 1 aromatic heterocycles. The van der Waals surface area contributed by atoms with E-state index in [9.17, 15) is 4.79 Å². The third-order valence-corrected chi connectivity index (χ3v) is 5.97. The van der Waals surface area contributed by atoms with Crippen LogP contribution in [0.4, 0.5) is 5.69 Å². The first-order valence-electron chi connectivity index (χ1n) is 8.80. The number of hydrogen-bond donors (Lipinski definition) is 1. The van der Waals surface area contributed by atoms with Gasteiger partial charge in [-0.15, -0.1) is 23.1 Å².